The fourth-order valence-electron chi connectivity index (χ4n) is 3.62. The quantitative estimate of drug-likeness (QED) is 0.250. The van der Waals surface area contributed by atoms with Gasteiger partial charge < -0.3 is 28.7 Å². The summed E-state index contributed by atoms with van der Waals surface area (Å²) in [5, 5.41) is 14.1. The van der Waals surface area contributed by atoms with E-state index in [2.05, 4.69) is 10.3 Å². The average Bonchev–Trinajstić information content (AvgIpc) is 3.31. The van der Waals surface area contributed by atoms with Crippen molar-refractivity contribution in [1.29, 1.82) is 0 Å². The van der Waals surface area contributed by atoms with E-state index in [1.54, 1.807) is 37.3 Å². The van der Waals surface area contributed by atoms with Crippen LogP contribution in [0.4, 0.5) is 11.4 Å². The van der Waals surface area contributed by atoms with E-state index in [9.17, 15) is 14.9 Å². The molecule has 0 aliphatic heterocycles. The van der Waals surface area contributed by atoms with Gasteiger partial charge in [0.15, 0.2) is 22.8 Å². The van der Waals surface area contributed by atoms with Crippen LogP contribution in [-0.4, -0.2) is 43.8 Å². The van der Waals surface area contributed by atoms with E-state index < -0.39 is 10.8 Å². The van der Waals surface area contributed by atoms with E-state index >= 15 is 0 Å². The summed E-state index contributed by atoms with van der Waals surface area (Å²) in [6.07, 6.45) is 0. The van der Waals surface area contributed by atoms with Crippen molar-refractivity contribution in [2.45, 2.75) is 6.92 Å². The molecule has 0 fully saturated rings. The second-order valence-corrected chi connectivity index (χ2v) is 7.44. The number of anilines is 1. The summed E-state index contributed by atoms with van der Waals surface area (Å²) in [5.74, 6) is 1.24. The van der Waals surface area contributed by atoms with Gasteiger partial charge in [-0.2, -0.15) is 0 Å². The third kappa shape index (κ3) is 4.71. The van der Waals surface area contributed by atoms with Gasteiger partial charge in [-0.05, 0) is 49.4 Å². The SMILES string of the molecule is CCOc1ccc(C(=O)Nc2ccc3oc(-c4cc(OC)c(OC)c(OC)c4)nc3c2)cc1[N+](=O)[O-]. The average molecular weight is 493 g/mol. The van der Waals surface area contributed by atoms with Gasteiger partial charge in [0.05, 0.1) is 32.9 Å². The minimum absolute atomic E-state index is 0.0994. The van der Waals surface area contributed by atoms with Crippen LogP contribution in [0.2, 0.25) is 0 Å². The Morgan fingerprint density at radius 3 is 2.33 bits per heavy atom. The van der Waals surface area contributed by atoms with E-state index in [4.69, 9.17) is 23.4 Å². The lowest BCUT2D eigenvalue weighted by Gasteiger charge is -2.12. The summed E-state index contributed by atoms with van der Waals surface area (Å²) in [4.78, 5) is 28.1. The summed E-state index contributed by atoms with van der Waals surface area (Å²) < 4.78 is 27.3. The third-order valence-electron chi connectivity index (χ3n) is 5.27. The Kier molecular flexibility index (Phi) is 6.91. The number of ether oxygens (including phenoxy) is 4. The number of carbonyl (C=O) groups is 1. The van der Waals surface area contributed by atoms with Crippen molar-refractivity contribution in [3.8, 4) is 34.5 Å². The molecule has 11 nitrogen and oxygen atoms in total. The molecule has 36 heavy (non-hydrogen) atoms. The molecule has 3 aromatic carbocycles. The number of nitrogens with zero attached hydrogens (tertiary/aromatic N) is 2. The molecule has 1 amide bonds. The molecule has 0 atom stereocenters. The lowest BCUT2D eigenvalue weighted by atomic mass is 10.1. The van der Waals surface area contributed by atoms with Crippen molar-refractivity contribution in [3.05, 3.63) is 64.2 Å². The molecule has 4 rings (SSSR count). The number of nitrogens with one attached hydrogen (secondary N) is 1. The van der Waals surface area contributed by atoms with Crippen molar-refractivity contribution in [1.82, 2.24) is 4.98 Å². The van der Waals surface area contributed by atoms with Gasteiger partial charge in [0, 0.05) is 22.9 Å². The molecular weight excluding hydrogens is 470 g/mol. The number of aromatic nitrogens is 1. The number of oxazole rings is 1. The highest BCUT2D eigenvalue weighted by atomic mass is 16.6. The maximum atomic E-state index is 12.8. The van der Waals surface area contributed by atoms with E-state index in [0.717, 1.165) is 0 Å². The number of hydrogen-bond donors (Lipinski definition) is 1. The Hall–Kier alpha value is -4.80. The van der Waals surface area contributed by atoms with Gasteiger partial charge in [0.25, 0.3) is 5.91 Å². The van der Waals surface area contributed by atoms with Crippen LogP contribution < -0.4 is 24.3 Å². The fourth-order valence-corrected chi connectivity index (χ4v) is 3.62. The van der Waals surface area contributed by atoms with Gasteiger partial charge in [0.1, 0.15) is 5.52 Å². The van der Waals surface area contributed by atoms with Gasteiger partial charge in [-0.25, -0.2) is 4.98 Å². The van der Waals surface area contributed by atoms with Crippen molar-refractivity contribution < 1.29 is 33.1 Å². The molecule has 0 aliphatic carbocycles. The molecular formula is C25H23N3O8. The number of rotatable bonds is 9. The monoisotopic (exact) mass is 493 g/mol. The van der Waals surface area contributed by atoms with Gasteiger partial charge in [-0.1, -0.05) is 0 Å². The summed E-state index contributed by atoms with van der Waals surface area (Å²) >= 11 is 0. The van der Waals surface area contributed by atoms with Crippen LogP contribution in [-0.2, 0) is 0 Å². The number of methoxy groups -OCH3 is 3. The van der Waals surface area contributed by atoms with Crippen LogP contribution in [0.15, 0.2) is 52.9 Å². The molecule has 0 saturated carbocycles. The van der Waals surface area contributed by atoms with Crippen LogP contribution >= 0.6 is 0 Å². The van der Waals surface area contributed by atoms with Crippen LogP contribution in [0, 0.1) is 10.1 Å². The van der Waals surface area contributed by atoms with Crippen LogP contribution in [0.5, 0.6) is 23.0 Å². The van der Waals surface area contributed by atoms with E-state index in [-0.39, 0.29) is 23.6 Å². The zero-order valence-electron chi connectivity index (χ0n) is 20.0. The molecule has 1 heterocycles. The number of fused-ring (bicyclic) bond motifs is 1. The lowest BCUT2D eigenvalue weighted by molar-refractivity contribution is -0.385. The summed E-state index contributed by atoms with van der Waals surface area (Å²) in [5.41, 5.74) is 1.86. The van der Waals surface area contributed by atoms with Crippen molar-refractivity contribution >= 4 is 28.4 Å². The molecule has 1 N–H and O–H groups in total. The number of carbonyl (C=O) groups excluding carboxylic acids is 1. The molecule has 0 bridgehead atoms. The first kappa shape index (κ1) is 24.3. The van der Waals surface area contributed by atoms with Gasteiger partial charge in [-0.3, -0.25) is 14.9 Å². The minimum Gasteiger partial charge on any atom is -0.493 e. The number of nitro groups is 1. The summed E-state index contributed by atoms with van der Waals surface area (Å²) in [7, 11) is 4.54. The van der Waals surface area contributed by atoms with Crippen molar-refractivity contribution in [3.63, 3.8) is 0 Å². The van der Waals surface area contributed by atoms with E-state index in [0.29, 0.717) is 45.5 Å². The Labute approximate surface area is 205 Å². The molecule has 186 valence electrons. The van der Waals surface area contributed by atoms with E-state index in [1.807, 2.05) is 0 Å². The lowest BCUT2D eigenvalue weighted by Crippen LogP contribution is -2.12. The number of hydrogen-bond acceptors (Lipinski definition) is 9. The molecule has 0 unspecified atom stereocenters. The van der Waals surface area contributed by atoms with Crippen LogP contribution in [0.25, 0.3) is 22.6 Å². The highest BCUT2D eigenvalue weighted by molar-refractivity contribution is 6.05. The molecule has 0 aliphatic rings. The van der Waals surface area contributed by atoms with Crippen LogP contribution in [0.1, 0.15) is 17.3 Å². The van der Waals surface area contributed by atoms with Gasteiger partial charge >= 0.3 is 5.69 Å². The van der Waals surface area contributed by atoms with Gasteiger partial charge in [-0.15, -0.1) is 0 Å². The number of amides is 1. The van der Waals surface area contributed by atoms with Crippen molar-refractivity contribution in [2.75, 3.05) is 33.3 Å². The Bertz CT molecular complexity index is 1420. The molecule has 4 aromatic rings. The molecule has 0 saturated heterocycles. The topological polar surface area (TPSA) is 135 Å². The number of benzene rings is 3. The second kappa shape index (κ2) is 10.2. The maximum Gasteiger partial charge on any atom is 0.311 e. The minimum atomic E-state index is -0.589. The first-order valence-corrected chi connectivity index (χ1v) is 10.8. The first-order valence-electron chi connectivity index (χ1n) is 10.8. The molecule has 0 spiro atoms. The van der Waals surface area contributed by atoms with Gasteiger partial charge in [0.2, 0.25) is 11.6 Å². The zero-order valence-corrected chi connectivity index (χ0v) is 20.0. The highest BCUT2D eigenvalue weighted by Crippen LogP contribution is 2.41. The predicted molar refractivity (Wildman–Crippen MR) is 131 cm³/mol. The van der Waals surface area contributed by atoms with Crippen LogP contribution in [0.3, 0.4) is 0 Å². The largest absolute Gasteiger partial charge is 0.493 e. The Morgan fingerprint density at radius 2 is 1.72 bits per heavy atom. The second-order valence-electron chi connectivity index (χ2n) is 7.44. The summed E-state index contributed by atoms with van der Waals surface area (Å²) in [6.45, 7) is 1.99. The molecule has 11 heteroatoms. The number of nitro benzene ring substituents is 1. The standard InChI is InChI=1S/C25H23N3O8/c1-5-35-20-8-6-14(10-18(20)28(30)31)24(29)26-16-7-9-19-17(13-16)27-25(36-19)15-11-21(32-2)23(34-4)22(12-15)33-3/h6-13H,5H2,1-4H3,(H,26,29). The normalized spacial score (nSPS) is 10.7. The predicted octanol–water partition coefficient (Wildman–Crippen LogP) is 5.08. The zero-order chi connectivity index (χ0) is 25.8. The first-order chi connectivity index (χ1) is 17.4. The Morgan fingerprint density at radius 1 is 1.00 bits per heavy atom. The molecule has 1 aromatic heterocycles. The van der Waals surface area contributed by atoms with Crippen molar-refractivity contribution in [2.24, 2.45) is 0 Å². The smallest absolute Gasteiger partial charge is 0.311 e. The summed E-state index contributed by atoms with van der Waals surface area (Å²) in [6, 6.07) is 12.4. The third-order valence-corrected chi connectivity index (χ3v) is 5.27. The Balaban J connectivity index is 1.62. The highest BCUT2D eigenvalue weighted by Gasteiger charge is 2.20. The van der Waals surface area contributed by atoms with E-state index in [1.165, 1.54) is 39.5 Å². The maximum absolute atomic E-state index is 12.8. The molecule has 0 radical (unpaired) electrons. The fraction of sp³-hybridized carbons (Fsp3) is 0.200.